The Hall–Kier alpha value is -4.42. The summed E-state index contributed by atoms with van der Waals surface area (Å²) in [5.74, 6) is 0. The second-order valence-corrected chi connectivity index (χ2v) is 14.9. The molecule has 0 saturated heterocycles. The van der Waals surface area contributed by atoms with E-state index in [-0.39, 0.29) is 16.2 Å². The molecule has 0 heteroatoms. The first kappa shape index (κ1) is 24.1. The molecule has 0 N–H and O–H groups in total. The average molecular weight is 551 g/mol. The van der Waals surface area contributed by atoms with Crippen molar-refractivity contribution in [3.8, 4) is 33.4 Å². The molecule has 0 saturated carbocycles. The zero-order valence-electron chi connectivity index (χ0n) is 25.7. The predicted octanol–water partition coefficient (Wildman–Crippen LogP) is 11.5. The van der Waals surface area contributed by atoms with Gasteiger partial charge in [0.05, 0.1) is 0 Å². The molecule has 0 fully saturated rings. The van der Waals surface area contributed by atoms with Crippen LogP contribution in [-0.4, -0.2) is 0 Å². The van der Waals surface area contributed by atoms with E-state index in [0.29, 0.717) is 0 Å². The third-order valence-corrected chi connectivity index (χ3v) is 11.7. The highest BCUT2D eigenvalue weighted by Crippen LogP contribution is 2.63. The lowest BCUT2D eigenvalue weighted by Crippen LogP contribution is -2.26. The van der Waals surface area contributed by atoms with E-state index in [1.54, 1.807) is 0 Å². The summed E-state index contributed by atoms with van der Waals surface area (Å²) < 4.78 is 0. The summed E-state index contributed by atoms with van der Waals surface area (Å²) in [6.45, 7) is 14.7. The van der Waals surface area contributed by atoms with Gasteiger partial charge in [-0.1, -0.05) is 126 Å². The van der Waals surface area contributed by atoms with Gasteiger partial charge in [0.1, 0.15) is 0 Å². The topological polar surface area (TPSA) is 0 Å². The van der Waals surface area contributed by atoms with Crippen molar-refractivity contribution in [2.45, 2.75) is 57.8 Å². The van der Waals surface area contributed by atoms with E-state index in [0.717, 1.165) is 0 Å². The van der Waals surface area contributed by atoms with Crippen LogP contribution in [0, 0.1) is 0 Å². The van der Waals surface area contributed by atoms with Crippen LogP contribution < -0.4 is 0 Å². The van der Waals surface area contributed by atoms with E-state index < -0.39 is 0 Å². The van der Waals surface area contributed by atoms with Crippen LogP contribution in [0.25, 0.3) is 65.7 Å². The van der Waals surface area contributed by atoms with E-state index in [1.165, 1.54) is 99.1 Å². The summed E-state index contributed by atoms with van der Waals surface area (Å²) in [5, 5.41) is 8.58. The fraction of sp³-hybridized carbons (Fsp3) is 0.209. The van der Waals surface area contributed by atoms with Crippen molar-refractivity contribution < 1.29 is 0 Å². The number of hydrogen-bond donors (Lipinski definition) is 0. The first-order valence-electron chi connectivity index (χ1n) is 15.8. The molecule has 206 valence electrons. The van der Waals surface area contributed by atoms with E-state index in [4.69, 9.17) is 0 Å². The van der Waals surface area contributed by atoms with Gasteiger partial charge in [-0.3, -0.25) is 0 Å². The van der Waals surface area contributed by atoms with Gasteiger partial charge < -0.3 is 0 Å². The number of rotatable bonds is 0. The van der Waals surface area contributed by atoms with Crippen LogP contribution in [0.2, 0.25) is 0 Å². The Labute approximate surface area is 253 Å². The van der Waals surface area contributed by atoms with Crippen molar-refractivity contribution in [1.82, 2.24) is 0 Å². The number of benzene rings is 7. The molecule has 7 aromatic carbocycles. The van der Waals surface area contributed by atoms with Crippen molar-refractivity contribution in [2.24, 2.45) is 0 Å². The highest BCUT2D eigenvalue weighted by Gasteiger charge is 2.45. The summed E-state index contributed by atoms with van der Waals surface area (Å²) >= 11 is 0. The molecule has 3 aliphatic rings. The van der Waals surface area contributed by atoms with Crippen LogP contribution in [-0.2, 0) is 16.2 Å². The van der Waals surface area contributed by atoms with Gasteiger partial charge >= 0.3 is 0 Å². The summed E-state index contributed by atoms with van der Waals surface area (Å²) in [6.07, 6.45) is 0. The van der Waals surface area contributed by atoms with Crippen molar-refractivity contribution >= 4 is 32.3 Å². The monoisotopic (exact) mass is 550 g/mol. The molecule has 0 aliphatic heterocycles. The predicted molar refractivity (Wildman–Crippen MR) is 183 cm³/mol. The quantitative estimate of drug-likeness (QED) is 0.165. The fourth-order valence-corrected chi connectivity index (χ4v) is 9.86. The molecule has 7 aromatic rings. The Bertz CT molecular complexity index is 2410. The number of hydrogen-bond acceptors (Lipinski definition) is 0. The third-order valence-electron chi connectivity index (χ3n) is 11.7. The molecule has 10 rings (SSSR count). The summed E-state index contributed by atoms with van der Waals surface area (Å²) in [7, 11) is 0. The summed E-state index contributed by atoms with van der Waals surface area (Å²) in [5.41, 5.74) is 17.0. The van der Waals surface area contributed by atoms with Gasteiger partial charge in [0.25, 0.3) is 0 Å². The maximum Gasteiger partial charge on any atom is 0.0165 e. The van der Waals surface area contributed by atoms with Gasteiger partial charge in [0.2, 0.25) is 0 Å². The maximum atomic E-state index is 2.62. The van der Waals surface area contributed by atoms with Gasteiger partial charge in [0, 0.05) is 16.2 Å². The molecule has 0 spiro atoms. The lowest BCUT2D eigenvalue weighted by atomic mass is 9.64. The van der Waals surface area contributed by atoms with Crippen molar-refractivity contribution in [2.75, 3.05) is 0 Å². The Morgan fingerprint density at radius 1 is 0.372 bits per heavy atom. The molecule has 3 aliphatic carbocycles. The minimum Gasteiger partial charge on any atom is -0.0619 e. The lowest BCUT2D eigenvalue weighted by Gasteiger charge is -2.39. The Balaban J connectivity index is 1.52. The minimum absolute atomic E-state index is 0.0724. The van der Waals surface area contributed by atoms with Crippen LogP contribution >= 0.6 is 0 Å². The zero-order valence-corrected chi connectivity index (χ0v) is 25.7. The molecule has 43 heavy (non-hydrogen) atoms. The molecular weight excluding hydrogens is 516 g/mol. The molecule has 0 unspecified atom stereocenters. The molecule has 0 aromatic heterocycles. The van der Waals surface area contributed by atoms with Crippen LogP contribution in [0.5, 0.6) is 0 Å². The van der Waals surface area contributed by atoms with Gasteiger partial charge in [-0.05, 0) is 111 Å². The van der Waals surface area contributed by atoms with Gasteiger partial charge in [-0.15, -0.1) is 0 Å². The SMILES string of the molecule is CC1(C)c2ccccc2-c2c1c1c3c(cc4c5c(cc6ccc2c3c64)-c2ccccc2C5(C)C)C(C)(C)c2ccccc2-1. The molecule has 0 radical (unpaired) electrons. The maximum absolute atomic E-state index is 2.62. The minimum atomic E-state index is -0.126. The van der Waals surface area contributed by atoms with E-state index in [9.17, 15) is 0 Å². The normalized spacial score (nSPS) is 17.6. The molecule has 0 nitrogen and oxygen atoms in total. The molecular formula is C43H34. The highest BCUT2D eigenvalue weighted by atomic mass is 14.5. The van der Waals surface area contributed by atoms with Gasteiger partial charge in [-0.2, -0.15) is 0 Å². The Morgan fingerprint density at radius 3 is 1.63 bits per heavy atom. The molecule has 0 amide bonds. The van der Waals surface area contributed by atoms with Crippen LogP contribution in [0.1, 0.15) is 74.9 Å². The van der Waals surface area contributed by atoms with E-state index in [2.05, 4.69) is 139 Å². The van der Waals surface area contributed by atoms with Crippen molar-refractivity contribution in [3.05, 3.63) is 130 Å². The largest absolute Gasteiger partial charge is 0.0619 e. The van der Waals surface area contributed by atoms with E-state index >= 15 is 0 Å². The smallest absolute Gasteiger partial charge is 0.0165 e. The van der Waals surface area contributed by atoms with Crippen molar-refractivity contribution in [1.29, 1.82) is 0 Å². The molecule has 0 heterocycles. The van der Waals surface area contributed by atoms with Crippen LogP contribution in [0.3, 0.4) is 0 Å². The lowest BCUT2D eigenvalue weighted by molar-refractivity contribution is 0.639. The third kappa shape index (κ3) is 2.51. The summed E-state index contributed by atoms with van der Waals surface area (Å²) in [6, 6.07) is 37.5. The second kappa shape index (κ2) is 7.20. The highest BCUT2D eigenvalue weighted by molar-refractivity contribution is 6.32. The molecule has 0 bridgehead atoms. The first-order chi connectivity index (χ1) is 20.6. The Kier molecular flexibility index (Phi) is 4.03. The van der Waals surface area contributed by atoms with Crippen LogP contribution in [0.15, 0.2) is 97.1 Å². The van der Waals surface area contributed by atoms with Gasteiger partial charge in [-0.25, -0.2) is 0 Å². The summed E-state index contributed by atoms with van der Waals surface area (Å²) in [4.78, 5) is 0. The van der Waals surface area contributed by atoms with Crippen molar-refractivity contribution in [3.63, 3.8) is 0 Å². The van der Waals surface area contributed by atoms with Crippen LogP contribution in [0.4, 0.5) is 0 Å². The molecule has 0 atom stereocenters. The fourth-order valence-electron chi connectivity index (χ4n) is 9.86. The standard InChI is InChI=1S/C43H34/c1-41(2)31-17-11-9-15-26(31)37-38-33(41)22-29-34-23(21-28-24-13-7-10-16-30(24)42(3,4)39(28)29)19-20-27(36(34)38)35-25-14-8-12-18-32(25)43(5,6)40(35)37/h7-22H,1-6H3. The van der Waals surface area contributed by atoms with Gasteiger partial charge in [0.15, 0.2) is 0 Å². The second-order valence-electron chi connectivity index (χ2n) is 14.9. The first-order valence-corrected chi connectivity index (χ1v) is 15.8. The number of fused-ring (bicyclic) bond motifs is 11. The zero-order chi connectivity index (χ0) is 29.2. The van der Waals surface area contributed by atoms with E-state index in [1.807, 2.05) is 0 Å². The average Bonchev–Trinajstić information content (AvgIpc) is 3.39. The Morgan fingerprint density at radius 2 is 0.930 bits per heavy atom.